The fourth-order valence-electron chi connectivity index (χ4n) is 5.03. The van der Waals surface area contributed by atoms with E-state index in [1.165, 1.54) is 22.7 Å². The largest absolute Gasteiger partial charge is 0.392 e. The molecule has 1 amide bonds. The van der Waals surface area contributed by atoms with Crippen LogP contribution in [0.3, 0.4) is 0 Å². The van der Waals surface area contributed by atoms with E-state index < -0.39 is 24.4 Å². The molecule has 0 aliphatic carbocycles. The van der Waals surface area contributed by atoms with Crippen molar-refractivity contribution in [3.63, 3.8) is 0 Å². The number of nitrogens with zero attached hydrogens (tertiary/aromatic N) is 4. The zero-order valence-corrected chi connectivity index (χ0v) is 23.0. The highest BCUT2D eigenvalue weighted by Gasteiger charge is 2.24. The van der Waals surface area contributed by atoms with Crippen LogP contribution >= 0.6 is 0 Å². The van der Waals surface area contributed by atoms with Gasteiger partial charge in [0.1, 0.15) is 11.4 Å². The number of para-hydroxylation sites is 1. The maximum atomic E-state index is 14.2. The monoisotopic (exact) mass is 572 g/mol. The zero-order chi connectivity index (χ0) is 30.1. The Morgan fingerprint density at radius 3 is 2.67 bits per heavy atom. The number of pyridine rings is 1. The lowest BCUT2D eigenvalue weighted by molar-refractivity contribution is 0.0941. The van der Waals surface area contributed by atoms with E-state index in [-0.39, 0.29) is 22.5 Å². The fourth-order valence-corrected chi connectivity index (χ4v) is 5.03. The predicted octanol–water partition coefficient (Wildman–Crippen LogP) is 4.14. The van der Waals surface area contributed by atoms with Gasteiger partial charge < -0.3 is 16.2 Å². The van der Waals surface area contributed by atoms with Crippen LogP contribution in [-0.2, 0) is 6.61 Å². The first-order chi connectivity index (χ1) is 20.9. The number of fused-ring (bicyclic) bond motifs is 2. The summed E-state index contributed by atoms with van der Waals surface area (Å²) in [6.07, 6.45) is 3.20. The van der Waals surface area contributed by atoms with Crippen LogP contribution in [0.25, 0.3) is 22.1 Å². The normalized spacial score (nSPS) is 11.7. The predicted molar refractivity (Wildman–Crippen MR) is 161 cm³/mol. The molecule has 0 saturated carbocycles. The van der Waals surface area contributed by atoms with Crippen molar-refractivity contribution in [3.05, 3.63) is 135 Å². The average molecular weight is 573 g/mol. The molecule has 0 unspecified atom stereocenters. The van der Waals surface area contributed by atoms with Crippen LogP contribution in [0, 0.1) is 17.7 Å². The number of benzene rings is 3. The fraction of sp³-hybridized carbons (Fsp3) is 0.0909. The first kappa shape index (κ1) is 27.4. The molecule has 0 radical (unpaired) electrons. The van der Waals surface area contributed by atoms with Gasteiger partial charge in [0.25, 0.3) is 11.5 Å². The number of aliphatic hydroxyl groups excluding tert-OH is 1. The lowest BCUT2D eigenvalue weighted by Crippen LogP contribution is -2.32. The Hall–Kier alpha value is -5.79. The van der Waals surface area contributed by atoms with Crippen molar-refractivity contribution in [2.45, 2.75) is 19.6 Å². The van der Waals surface area contributed by atoms with E-state index in [1.807, 2.05) is 42.5 Å². The molecule has 0 spiro atoms. The van der Waals surface area contributed by atoms with E-state index in [0.717, 1.165) is 0 Å². The molecular weight excluding hydrogens is 547 g/mol. The summed E-state index contributed by atoms with van der Waals surface area (Å²) in [5, 5.41) is 17.6. The molecule has 3 aromatic carbocycles. The lowest BCUT2D eigenvalue weighted by Gasteiger charge is -2.21. The summed E-state index contributed by atoms with van der Waals surface area (Å²) in [4.78, 5) is 31.9. The summed E-state index contributed by atoms with van der Waals surface area (Å²) in [6.45, 7) is 1.33. The Bertz CT molecular complexity index is 2140. The molecule has 0 aliphatic heterocycles. The second kappa shape index (κ2) is 11.2. The van der Waals surface area contributed by atoms with Gasteiger partial charge in [-0.3, -0.25) is 14.2 Å². The Morgan fingerprint density at radius 2 is 1.88 bits per heavy atom. The van der Waals surface area contributed by atoms with Crippen LogP contribution in [0.4, 0.5) is 10.2 Å². The molecular formula is C33H25FN6O3. The molecule has 3 aromatic heterocycles. The van der Waals surface area contributed by atoms with Gasteiger partial charge in [-0.1, -0.05) is 42.2 Å². The van der Waals surface area contributed by atoms with Gasteiger partial charge in [-0.25, -0.2) is 13.9 Å². The molecule has 1 atom stereocenters. The van der Waals surface area contributed by atoms with E-state index in [1.54, 1.807) is 42.1 Å². The number of hydrogen-bond donors (Lipinski definition) is 3. The minimum Gasteiger partial charge on any atom is -0.392 e. The highest BCUT2D eigenvalue weighted by Crippen LogP contribution is 2.24. The smallest absolute Gasteiger partial charge is 0.264 e. The Kier molecular flexibility index (Phi) is 7.15. The van der Waals surface area contributed by atoms with Gasteiger partial charge >= 0.3 is 0 Å². The molecule has 6 aromatic rings. The van der Waals surface area contributed by atoms with Crippen LogP contribution < -0.4 is 16.6 Å². The van der Waals surface area contributed by atoms with Gasteiger partial charge in [0, 0.05) is 40.5 Å². The average Bonchev–Trinajstić information content (AvgIpc) is 3.36. The summed E-state index contributed by atoms with van der Waals surface area (Å²) in [5.41, 5.74) is 8.47. The molecule has 3 heterocycles. The van der Waals surface area contributed by atoms with Crippen molar-refractivity contribution < 1.29 is 14.3 Å². The van der Waals surface area contributed by atoms with Crippen LogP contribution in [0.15, 0.2) is 96.1 Å². The summed E-state index contributed by atoms with van der Waals surface area (Å²) >= 11 is 0. The second-order valence-electron chi connectivity index (χ2n) is 9.87. The van der Waals surface area contributed by atoms with Crippen molar-refractivity contribution in [3.8, 4) is 17.5 Å². The minimum atomic E-state index is -0.631. The molecule has 0 aliphatic rings. The van der Waals surface area contributed by atoms with E-state index in [2.05, 4.69) is 27.2 Å². The SMILES string of the molecule is C[C@H](NC(=O)c1c(N)nn2cccnc12)c1cc2cccc(C#Cc3ccc(F)c(CO)c3)c2c(=O)n1-c1ccccc1. The van der Waals surface area contributed by atoms with Crippen LogP contribution in [0.5, 0.6) is 0 Å². The van der Waals surface area contributed by atoms with Crippen molar-refractivity contribution in [1.82, 2.24) is 24.5 Å². The topological polar surface area (TPSA) is 128 Å². The summed E-state index contributed by atoms with van der Waals surface area (Å²) in [6, 6.07) is 21.6. The molecule has 0 saturated heterocycles. The van der Waals surface area contributed by atoms with E-state index >= 15 is 0 Å². The zero-order valence-electron chi connectivity index (χ0n) is 23.0. The quantitative estimate of drug-likeness (QED) is 0.267. The van der Waals surface area contributed by atoms with Gasteiger partial charge in [0.05, 0.1) is 18.0 Å². The minimum absolute atomic E-state index is 0.0397. The Labute approximate surface area is 245 Å². The van der Waals surface area contributed by atoms with Crippen molar-refractivity contribution >= 4 is 28.1 Å². The summed E-state index contributed by atoms with van der Waals surface area (Å²) in [5.74, 6) is 5.08. The third-order valence-corrected chi connectivity index (χ3v) is 7.09. The Morgan fingerprint density at radius 1 is 1.07 bits per heavy atom. The standard InChI is InChI=1S/C33H25FN6O3/c1-20(37-32(42)29-30(35)38-39-16-6-15-36-31(29)39)27-18-23-8-5-7-22(13-11-21-12-14-26(34)24(17-21)19-41)28(23)33(43)40(27)25-9-3-2-4-10-25/h2-10,12,14-18,20,41H,19H2,1H3,(H2,35,38)(H,37,42)/t20-/m0/s1. The second-order valence-corrected chi connectivity index (χ2v) is 9.87. The summed E-state index contributed by atoms with van der Waals surface area (Å²) in [7, 11) is 0. The number of nitrogens with one attached hydrogen (secondary N) is 1. The molecule has 10 heteroatoms. The van der Waals surface area contributed by atoms with Gasteiger partial charge in [-0.05, 0) is 60.8 Å². The highest BCUT2D eigenvalue weighted by molar-refractivity contribution is 6.04. The molecule has 4 N–H and O–H groups in total. The number of anilines is 1. The lowest BCUT2D eigenvalue weighted by atomic mass is 10.0. The van der Waals surface area contributed by atoms with E-state index in [9.17, 15) is 19.1 Å². The number of aliphatic hydroxyl groups is 1. The molecule has 212 valence electrons. The van der Waals surface area contributed by atoms with Gasteiger partial charge in [-0.2, -0.15) is 0 Å². The first-order valence-corrected chi connectivity index (χ1v) is 13.4. The molecule has 43 heavy (non-hydrogen) atoms. The number of carbonyl (C=O) groups excluding carboxylic acids is 1. The third kappa shape index (κ3) is 5.09. The van der Waals surface area contributed by atoms with E-state index in [0.29, 0.717) is 38.9 Å². The number of hydrogen-bond acceptors (Lipinski definition) is 6. The Balaban J connectivity index is 1.46. The van der Waals surface area contributed by atoms with Gasteiger partial charge in [0.15, 0.2) is 11.5 Å². The molecule has 6 rings (SSSR count). The number of nitrogen functional groups attached to an aromatic ring is 1. The maximum absolute atomic E-state index is 14.2. The van der Waals surface area contributed by atoms with Crippen LogP contribution in [0.1, 0.15) is 45.7 Å². The maximum Gasteiger partial charge on any atom is 0.264 e. The third-order valence-electron chi connectivity index (χ3n) is 7.09. The molecule has 0 fully saturated rings. The number of amides is 1. The molecule has 9 nitrogen and oxygen atoms in total. The number of halogens is 1. The highest BCUT2D eigenvalue weighted by atomic mass is 19.1. The number of carbonyl (C=O) groups is 1. The number of nitrogens with two attached hydrogens (primary N) is 1. The number of aromatic nitrogens is 4. The number of rotatable bonds is 5. The van der Waals surface area contributed by atoms with Crippen molar-refractivity contribution in [2.75, 3.05) is 5.73 Å². The van der Waals surface area contributed by atoms with E-state index in [4.69, 9.17) is 5.73 Å². The van der Waals surface area contributed by atoms with Crippen molar-refractivity contribution in [2.24, 2.45) is 0 Å². The first-order valence-electron chi connectivity index (χ1n) is 13.4. The van der Waals surface area contributed by atoms with Gasteiger partial charge in [-0.15, -0.1) is 5.10 Å². The van der Waals surface area contributed by atoms with Crippen LogP contribution in [-0.4, -0.2) is 30.2 Å². The molecule has 0 bridgehead atoms. The van der Waals surface area contributed by atoms with Crippen molar-refractivity contribution in [1.29, 1.82) is 0 Å². The summed E-state index contributed by atoms with van der Waals surface area (Å²) < 4.78 is 16.8. The van der Waals surface area contributed by atoms with Crippen LogP contribution in [0.2, 0.25) is 0 Å². The van der Waals surface area contributed by atoms with Gasteiger partial charge in [0.2, 0.25) is 0 Å².